The molecule has 1 amide bonds. The molecule has 0 aliphatic carbocycles. The molecule has 2 aromatic heterocycles. The predicted molar refractivity (Wildman–Crippen MR) is 112 cm³/mol. The van der Waals surface area contributed by atoms with Crippen LogP contribution in [0, 0.1) is 6.92 Å². The van der Waals surface area contributed by atoms with E-state index in [9.17, 15) is 9.59 Å². The van der Waals surface area contributed by atoms with Crippen molar-refractivity contribution in [2.75, 3.05) is 7.11 Å². The molecule has 1 N–H and O–H groups in total. The topological polar surface area (TPSA) is 90.5 Å². The number of nitrogens with one attached hydrogen (secondary N) is 1. The van der Waals surface area contributed by atoms with Gasteiger partial charge in [0.15, 0.2) is 5.65 Å². The number of carbonyl (C=O) groups is 1. The van der Waals surface area contributed by atoms with Crippen molar-refractivity contribution in [2.24, 2.45) is 0 Å². The van der Waals surface area contributed by atoms with Crippen molar-refractivity contribution < 1.29 is 9.53 Å². The molecule has 0 aliphatic heterocycles. The van der Waals surface area contributed by atoms with Gasteiger partial charge in [0, 0.05) is 23.9 Å². The number of carbonyl (C=O) groups excluding carboxylic acids is 1. The number of benzene rings is 2. The number of fused-ring (bicyclic) bond motifs is 1. The van der Waals surface area contributed by atoms with Crippen LogP contribution in [0.4, 0.5) is 0 Å². The standard InChI is InChI=1S/C22H21N5O3/c1-15-12-19-25-26(14-20(28)23-13-16-8-10-18(30-2)11-9-16)22(29)27(19)21(24-15)17-6-4-3-5-7-17/h3-12H,13-14H2,1-2H3,(H,23,28). The number of nitrogens with zero attached hydrogens (tertiary/aromatic N) is 4. The molecule has 0 unspecified atom stereocenters. The van der Waals surface area contributed by atoms with Crippen LogP contribution in [0.15, 0.2) is 65.5 Å². The van der Waals surface area contributed by atoms with Crippen molar-refractivity contribution in [3.8, 4) is 17.1 Å². The first-order valence-electron chi connectivity index (χ1n) is 9.47. The minimum Gasteiger partial charge on any atom is -0.497 e. The van der Waals surface area contributed by atoms with Crippen LogP contribution in [0.2, 0.25) is 0 Å². The van der Waals surface area contributed by atoms with Crippen LogP contribution in [0.25, 0.3) is 17.0 Å². The molecule has 2 aromatic carbocycles. The van der Waals surface area contributed by atoms with E-state index in [4.69, 9.17) is 4.74 Å². The molecule has 152 valence electrons. The first kappa shape index (κ1) is 19.4. The summed E-state index contributed by atoms with van der Waals surface area (Å²) in [7, 11) is 1.60. The summed E-state index contributed by atoms with van der Waals surface area (Å²) in [6, 6.07) is 18.5. The van der Waals surface area contributed by atoms with Crippen LogP contribution in [0.1, 0.15) is 11.3 Å². The average molecular weight is 403 g/mol. The Hall–Kier alpha value is -3.94. The van der Waals surface area contributed by atoms with E-state index in [0.29, 0.717) is 18.0 Å². The number of ether oxygens (including phenoxy) is 1. The van der Waals surface area contributed by atoms with Crippen LogP contribution in [0.3, 0.4) is 0 Å². The lowest BCUT2D eigenvalue weighted by atomic mass is 10.2. The second-order valence-electron chi connectivity index (χ2n) is 6.85. The van der Waals surface area contributed by atoms with Crippen LogP contribution in [-0.4, -0.2) is 32.2 Å². The highest BCUT2D eigenvalue weighted by Crippen LogP contribution is 2.17. The molecule has 0 radical (unpaired) electrons. The summed E-state index contributed by atoms with van der Waals surface area (Å²) in [5, 5.41) is 7.14. The number of aryl methyl sites for hydroxylation is 1. The van der Waals surface area contributed by atoms with Gasteiger partial charge in [-0.05, 0) is 24.6 Å². The third-order valence-electron chi connectivity index (χ3n) is 4.67. The molecule has 0 aliphatic rings. The van der Waals surface area contributed by atoms with E-state index in [0.717, 1.165) is 27.3 Å². The molecule has 30 heavy (non-hydrogen) atoms. The summed E-state index contributed by atoms with van der Waals surface area (Å²) >= 11 is 0. The number of methoxy groups -OCH3 is 1. The first-order chi connectivity index (χ1) is 14.5. The quantitative estimate of drug-likeness (QED) is 0.533. The smallest absolute Gasteiger partial charge is 0.352 e. The van der Waals surface area contributed by atoms with Gasteiger partial charge in [0.25, 0.3) is 0 Å². The van der Waals surface area contributed by atoms with Gasteiger partial charge in [0.2, 0.25) is 5.91 Å². The van der Waals surface area contributed by atoms with E-state index in [1.165, 1.54) is 4.40 Å². The zero-order valence-corrected chi connectivity index (χ0v) is 16.7. The van der Waals surface area contributed by atoms with Gasteiger partial charge < -0.3 is 10.1 Å². The Kier molecular flexibility index (Phi) is 5.30. The minimum atomic E-state index is -0.407. The number of aromatic nitrogens is 4. The second kappa shape index (κ2) is 8.20. The fourth-order valence-corrected chi connectivity index (χ4v) is 3.17. The highest BCUT2D eigenvalue weighted by Gasteiger charge is 2.16. The van der Waals surface area contributed by atoms with Crippen LogP contribution >= 0.6 is 0 Å². The lowest BCUT2D eigenvalue weighted by Crippen LogP contribution is -2.32. The fourth-order valence-electron chi connectivity index (χ4n) is 3.17. The van der Waals surface area contributed by atoms with Crippen LogP contribution in [0.5, 0.6) is 5.75 Å². The van der Waals surface area contributed by atoms with Gasteiger partial charge in [-0.3, -0.25) is 4.79 Å². The van der Waals surface area contributed by atoms with Gasteiger partial charge in [-0.1, -0.05) is 42.5 Å². The molecule has 0 saturated heterocycles. The van der Waals surface area contributed by atoms with E-state index in [1.807, 2.05) is 61.5 Å². The Balaban J connectivity index is 1.56. The Labute approximate surface area is 172 Å². The lowest BCUT2D eigenvalue weighted by molar-refractivity contribution is -0.122. The van der Waals surface area contributed by atoms with Crippen molar-refractivity contribution in [1.29, 1.82) is 0 Å². The normalized spacial score (nSPS) is 10.9. The molecular weight excluding hydrogens is 382 g/mol. The van der Waals surface area contributed by atoms with Gasteiger partial charge in [-0.15, -0.1) is 5.10 Å². The molecule has 0 fully saturated rings. The van der Waals surface area contributed by atoms with Crippen molar-refractivity contribution in [3.63, 3.8) is 0 Å². The largest absolute Gasteiger partial charge is 0.497 e. The fraction of sp³-hybridized carbons (Fsp3) is 0.182. The zero-order chi connectivity index (χ0) is 21.1. The molecule has 8 nitrogen and oxygen atoms in total. The Morgan fingerprint density at radius 3 is 2.53 bits per heavy atom. The number of rotatable bonds is 6. The highest BCUT2D eigenvalue weighted by atomic mass is 16.5. The summed E-state index contributed by atoms with van der Waals surface area (Å²) < 4.78 is 7.71. The first-order valence-corrected chi connectivity index (χ1v) is 9.47. The van der Waals surface area contributed by atoms with Gasteiger partial charge in [-0.2, -0.15) is 0 Å². The number of hydrogen-bond donors (Lipinski definition) is 1. The van der Waals surface area contributed by atoms with Crippen molar-refractivity contribution in [3.05, 3.63) is 82.4 Å². The molecule has 0 spiro atoms. The minimum absolute atomic E-state index is 0.177. The summed E-state index contributed by atoms with van der Waals surface area (Å²) in [5.41, 5.74) is 2.52. The van der Waals surface area contributed by atoms with Crippen molar-refractivity contribution in [1.82, 2.24) is 24.5 Å². The summed E-state index contributed by atoms with van der Waals surface area (Å²) in [6.45, 7) is 2.02. The van der Waals surface area contributed by atoms with E-state index in [-0.39, 0.29) is 12.5 Å². The molecule has 0 atom stereocenters. The SMILES string of the molecule is COc1ccc(CNC(=O)Cn2nc3cc(C)nc(-c4ccccc4)n3c2=O)cc1. The highest BCUT2D eigenvalue weighted by molar-refractivity contribution is 5.75. The van der Waals surface area contributed by atoms with Crippen LogP contribution < -0.4 is 15.7 Å². The maximum atomic E-state index is 12.9. The average Bonchev–Trinajstić information content (AvgIpc) is 3.07. The third kappa shape index (κ3) is 3.93. The van der Waals surface area contributed by atoms with Crippen molar-refractivity contribution in [2.45, 2.75) is 20.0 Å². The van der Waals surface area contributed by atoms with Gasteiger partial charge in [0.05, 0.1) is 7.11 Å². The van der Waals surface area contributed by atoms with Gasteiger partial charge in [-0.25, -0.2) is 18.9 Å². The monoisotopic (exact) mass is 403 g/mol. The lowest BCUT2D eigenvalue weighted by Gasteiger charge is -2.06. The molecule has 2 heterocycles. The maximum Gasteiger partial charge on any atom is 0.352 e. The summed E-state index contributed by atoms with van der Waals surface area (Å²) in [4.78, 5) is 29.9. The van der Waals surface area contributed by atoms with E-state index in [2.05, 4.69) is 15.4 Å². The van der Waals surface area contributed by atoms with E-state index >= 15 is 0 Å². The van der Waals surface area contributed by atoms with E-state index in [1.54, 1.807) is 13.2 Å². The van der Waals surface area contributed by atoms with E-state index < -0.39 is 5.69 Å². The Bertz CT molecular complexity index is 1240. The zero-order valence-electron chi connectivity index (χ0n) is 16.7. The van der Waals surface area contributed by atoms with Crippen molar-refractivity contribution >= 4 is 11.6 Å². The molecule has 8 heteroatoms. The second-order valence-corrected chi connectivity index (χ2v) is 6.85. The molecule has 0 saturated carbocycles. The Morgan fingerprint density at radius 2 is 1.83 bits per heavy atom. The number of hydrogen-bond acceptors (Lipinski definition) is 5. The van der Waals surface area contributed by atoms with Gasteiger partial charge in [0.1, 0.15) is 18.1 Å². The van der Waals surface area contributed by atoms with Gasteiger partial charge >= 0.3 is 5.69 Å². The number of amides is 1. The predicted octanol–water partition coefficient (Wildman–Crippen LogP) is 2.19. The third-order valence-corrected chi connectivity index (χ3v) is 4.67. The molecular formula is C22H21N5O3. The van der Waals surface area contributed by atoms with Crippen LogP contribution in [-0.2, 0) is 17.9 Å². The summed E-state index contributed by atoms with van der Waals surface area (Å²) in [5.74, 6) is 0.946. The summed E-state index contributed by atoms with van der Waals surface area (Å²) in [6.07, 6.45) is 0. The maximum absolute atomic E-state index is 12.9. The Morgan fingerprint density at radius 1 is 1.10 bits per heavy atom. The molecule has 4 rings (SSSR count). The molecule has 0 bridgehead atoms. The molecule has 4 aromatic rings.